The summed E-state index contributed by atoms with van der Waals surface area (Å²) in [5, 5.41) is 9.52. The Kier molecular flexibility index (Phi) is 7.78. The molecule has 1 N–H and O–H groups in total. The average Bonchev–Trinajstić information content (AvgIpc) is 2.19. The first-order valence-corrected chi connectivity index (χ1v) is 4.69. The molecule has 0 heterocycles. The normalized spacial score (nSPS) is 9.29. The van der Waals surface area contributed by atoms with Crippen molar-refractivity contribution in [3.63, 3.8) is 0 Å². The van der Waals surface area contributed by atoms with Gasteiger partial charge in [0.15, 0.2) is 0 Å². The van der Waals surface area contributed by atoms with Crippen LogP contribution in [0.1, 0.15) is 19.8 Å². The predicted octanol–water partition coefficient (Wildman–Crippen LogP) is 1.25. The van der Waals surface area contributed by atoms with Gasteiger partial charge in [-0.3, -0.25) is 0 Å². The highest BCUT2D eigenvalue weighted by atomic mass is 31.0. The van der Waals surface area contributed by atoms with E-state index in [2.05, 4.69) is 6.92 Å². The molecule has 0 amide bonds. The second-order valence-electron chi connectivity index (χ2n) is 2.99. The molecule has 0 bridgehead atoms. The monoisotopic (exact) mass is 212 g/mol. The van der Waals surface area contributed by atoms with E-state index in [-0.39, 0.29) is 9.90 Å². The van der Waals surface area contributed by atoms with Crippen molar-refractivity contribution in [1.29, 1.82) is 0 Å². The van der Waals surface area contributed by atoms with E-state index in [0.717, 1.165) is 18.3 Å². The van der Waals surface area contributed by atoms with Crippen LogP contribution in [0.25, 0.3) is 0 Å². The van der Waals surface area contributed by atoms with Gasteiger partial charge in [0.25, 0.3) is 0 Å². The van der Waals surface area contributed by atoms with Gasteiger partial charge in [-0.1, -0.05) is 43.7 Å². The van der Waals surface area contributed by atoms with Gasteiger partial charge in [0.2, 0.25) is 0 Å². The maximum atomic E-state index is 9.52. The molecule has 0 aliphatic rings. The van der Waals surface area contributed by atoms with Crippen LogP contribution in [0, 0.1) is 0 Å². The molecule has 1 aromatic carbocycles. The first-order chi connectivity index (χ1) is 6.34. The summed E-state index contributed by atoms with van der Waals surface area (Å²) in [6.45, 7) is 2.71. The highest BCUT2D eigenvalue weighted by Crippen LogP contribution is 1.91. The minimum Gasteiger partial charge on any atom is -0.423 e. The van der Waals surface area contributed by atoms with E-state index in [1.807, 2.05) is 30.3 Å². The van der Waals surface area contributed by atoms with E-state index in [0.29, 0.717) is 6.61 Å². The average molecular weight is 212 g/mol. The molecular weight excluding hydrogens is 194 g/mol. The summed E-state index contributed by atoms with van der Waals surface area (Å²) < 4.78 is 5.22. The SMILES string of the molecule is CCCCOB(O)c1ccccc1.P. The van der Waals surface area contributed by atoms with Crippen LogP contribution >= 0.6 is 9.90 Å². The summed E-state index contributed by atoms with van der Waals surface area (Å²) in [6.07, 6.45) is 2.07. The fourth-order valence-electron chi connectivity index (χ4n) is 1.05. The molecule has 4 heteroatoms. The molecule has 14 heavy (non-hydrogen) atoms. The Morgan fingerprint density at radius 2 is 1.93 bits per heavy atom. The highest BCUT2D eigenvalue weighted by molar-refractivity contribution is 6.92. The van der Waals surface area contributed by atoms with E-state index in [9.17, 15) is 5.02 Å². The molecule has 1 atom stereocenters. The van der Waals surface area contributed by atoms with Crippen molar-refractivity contribution in [2.75, 3.05) is 6.61 Å². The number of rotatable bonds is 5. The van der Waals surface area contributed by atoms with Crippen molar-refractivity contribution in [2.24, 2.45) is 0 Å². The van der Waals surface area contributed by atoms with Crippen LogP contribution < -0.4 is 5.46 Å². The molecule has 0 spiro atoms. The maximum Gasteiger partial charge on any atom is 0.491 e. The largest absolute Gasteiger partial charge is 0.491 e. The zero-order chi connectivity index (χ0) is 9.52. The van der Waals surface area contributed by atoms with Crippen LogP contribution in [0.2, 0.25) is 0 Å². The first kappa shape index (κ1) is 13.6. The molecule has 2 nitrogen and oxygen atoms in total. The van der Waals surface area contributed by atoms with Crippen molar-refractivity contribution in [2.45, 2.75) is 19.8 Å². The summed E-state index contributed by atoms with van der Waals surface area (Å²) in [5.74, 6) is 0. The Bertz CT molecular complexity index is 231. The summed E-state index contributed by atoms with van der Waals surface area (Å²) in [4.78, 5) is 0. The Labute approximate surface area is 89.4 Å². The van der Waals surface area contributed by atoms with Crippen LogP contribution in [0.3, 0.4) is 0 Å². The van der Waals surface area contributed by atoms with E-state index in [1.165, 1.54) is 0 Å². The zero-order valence-electron chi connectivity index (χ0n) is 8.65. The molecule has 0 aliphatic carbocycles. The second-order valence-corrected chi connectivity index (χ2v) is 2.99. The molecule has 0 saturated heterocycles. The van der Waals surface area contributed by atoms with Gasteiger partial charge in [-0.15, -0.1) is 0 Å². The van der Waals surface area contributed by atoms with E-state index in [1.54, 1.807) is 0 Å². The molecule has 0 saturated carbocycles. The molecule has 1 rings (SSSR count). The standard InChI is InChI=1S/C10H15BO2.H3P/c1-2-3-9-13-11(12)10-7-5-4-6-8-10;/h4-8,12H,2-3,9H2,1H3;1H3. The van der Waals surface area contributed by atoms with Crippen LogP contribution in [0.15, 0.2) is 30.3 Å². The number of hydrogen-bond acceptors (Lipinski definition) is 2. The Balaban J connectivity index is 0.00000169. The lowest BCUT2D eigenvalue weighted by atomic mass is 9.80. The molecular formula is C10H18BO2P. The third-order valence-electron chi connectivity index (χ3n) is 1.86. The van der Waals surface area contributed by atoms with Gasteiger partial charge in [-0.2, -0.15) is 9.90 Å². The Hall–Kier alpha value is -0.365. The van der Waals surface area contributed by atoms with Crippen molar-refractivity contribution in [3.05, 3.63) is 30.3 Å². The summed E-state index contributed by atoms with van der Waals surface area (Å²) >= 11 is 0. The van der Waals surface area contributed by atoms with Crippen molar-refractivity contribution in [1.82, 2.24) is 0 Å². The number of unbranched alkanes of at least 4 members (excludes halogenated alkanes) is 1. The Morgan fingerprint density at radius 3 is 2.50 bits per heavy atom. The lowest BCUT2D eigenvalue weighted by Gasteiger charge is -2.06. The lowest BCUT2D eigenvalue weighted by Crippen LogP contribution is -2.33. The van der Waals surface area contributed by atoms with Crippen molar-refractivity contribution >= 4 is 22.5 Å². The molecule has 0 aliphatic heterocycles. The first-order valence-electron chi connectivity index (χ1n) is 4.69. The summed E-state index contributed by atoms with van der Waals surface area (Å²) in [6, 6.07) is 9.42. The van der Waals surface area contributed by atoms with Gasteiger partial charge in [0.1, 0.15) is 0 Å². The van der Waals surface area contributed by atoms with Gasteiger partial charge < -0.3 is 9.68 Å². The van der Waals surface area contributed by atoms with Crippen LogP contribution in [-0.4, -0.2) is 18.7 Å². The van der Waals surface area contributed by atoms with Gasteiger partial charge in [-0.05, 0) is 11.9 Å². The van der Waals surface area contributed by atoms with Crippen LogP contribution in [0.4, 0.5) is 0 Å². The quantitative estimate of drug-likeness (QED) is 0.452. The van der Waals surface area contributed by atoms with Crippen molar-refractivity contribution in [3.8, 4) is 0 Å². The van der Waals surface area contributed by atoms with Gasteiger partial charge >= 0.3 is 7.12 Å². The number of benzene rings is 1. The molecule has 0 fully saturated rings. The third-order valence-corrected chi connectivity index (χ3v) is 1.86. The van der Waals surface area contributed by atoms with Crippen LogP contribution in [0.5, 0.6) is 0 Å². The second kappa shape index (κ2) is 7.99. The summed E-state index contributed by atoms with van der Waals surface area (Å²) in [5.41, 5.74) is 0.818. The lowest BCUT2D eigenvalue weighted by molar-refractivity contribution is 0.264. The Morgan fingerprint density at radius 1 is 1.29 bits per heavy atom. The third kappa shape index (κ3) is 4.76. The van der Waals surface area contributed by atoms with E-state index >= 15 is 0 Å². The smallest absolute Gasteiger partial charge is 0.423 e. The van der Waals surface area contributed by atoms with Crippen LogP contribution in [-0.2, 0) is 4.65 Å². The van der Waals surface area contributed by atoms with E-state index in [4.69, 9.17) is 4.65 Å². The van der Waals surface area contributed by atoms with Crippen molar-refractivity contribution < 1.29 is 9.68 Å². The molecule has 0 aromatic heterocycles. The van der Waals surface area contributed by atoms with Gasteiger partial charge in [-0.25, -0.2) is 0 Å². The number of hydrogen-bond donors (Lipinski definition) is 1. The fraction of sp³-hybridized carbons (Fsp3) is 0.400. The van der Waals surface area contributed by atoms with E-state index < -0.39 is 7.12 Å². The minimum atomic E-state index is -0.771. The zero-order valence-corrected chi connectivity index (χ0v) is 10.1. The highest BCUT2D eigenvalue weighted by Gasteiger charge is 2.14. The molecule has 78 valence electrons. The molecule has 1 aromatic rings. The maximum absolute atomic E-state index is 9.52. The van der Waals surface area contributed by atoms with Gasteiger partial charge in [0, 0.05) is 6.61 Å². The fourth-order valence-corrected chi connectivity index (χ4v) is 1.05. The molecule has 1 unspecified atom stereocenters. The topological polar surface area (TPSA) is 29.5 Å². The summed E-state index contributed by atoms with van der Waals surface area (Å²) in [7, 11) is -0.771. The van der Waals surface area contributed by atoms with Gasteiger partial charge in [0.05, 0.1) is 0 Å². The minimum absolute atomic E-state index is 0. The predicted molar refractivity (Wildman–Crippen MR) is 66.0 cm³/mol. The molecule has 0 radical (unpaired) electrons.